The molecule has 0 N–H and O–H groups in total. The molecule has 0 spiro atoms. The molecule has 2 nitrogen and oxygen atoms in total. The van der Waals surface area contributed by atoms with Crippen LogP contribution < -0.4 is 0 Å². The van der Waals surface area contributed by atoms with Gasteiger partial charge in [-0.2, -0.15) is 5.26 Å². The van der Waals surface area contributed by atoms with Crippen molar-refractivity contribution < 1.29 is 0 Å². The third-order valence-electron chi connectivity index (χ3n) is 2.89. The summed E-state index contributed by atoms with van der Waals surface area (Å²) >= 11 is 9.37. The van der Waals surface area contributed by atoms with Crippen molar-refractivity contribution in [2.45, 2.75) is 18.9 Å². The molecule has 0 amide bonds. The van der Waals surface area contributed by atoms with E-state index in [9.17, 15) is 5.26 Å². The molecular formula is C12H12BrClN2. The Bertz CT molecular complexity index is 422. The van der Waals surface area contributed by atoms with Crippen molar-refractivity contribution in [2.75, 3.05) is 13.1 Å². The summed E-state index contributed by atoms with van der Waals surface area (Å²) < 4.78 is 0.915. The topological polar surface area (TPSA) is 27.0 Å². The van der Waals surface area contributed by atoms with Crippen LogP contribution in [0.4, 0.5) is 0 Å². The molecule has 84 valence electrons. The molecule has 1 aromatic rings. The first-order valence-electron chi connectivity index (χ1n) is 5.31. The lowest BCUT2D eigenvalue weighted by Crippen LogP contribution is -2.24. The fraction of sp³-hybridized carbons (Fsp3) is 0.417. The zero-order valence-corrected chi connectivity index (χ0v) is 11.1. The summed E-state index contributed by atoms with van der Waals surface area (Å²) in [7, 11) is 0. The van der Waals surface area contributed by atoms with Gasteiger partial charge in [0.1, 0.15) is 6.04 Å². The van der Waals surface area contributed by atoms with Gasteiger partial charge in [0.2, 0.25) is 0 Å². The molecule has 1 unspecified atom stereocenters. The monoisotopic (exact) mass is 298 g/mol. The standard InChI is InChI=1S/C12H12BrClN2/c13-11-7-9(14)3-4-10(11)12(8-15)16-5-1-2-6-16/h3-4,7,12H,1-2,5-6H2. The minimum Gasteiger partial charge on any atom is -0.284 e. The van der Waals surface area contributed by atoms with Gasteiger partial charge in [-0.05, 0) is 43.6 Å². The van der Waals surface area contributed by atoms with Gasteiger partial charge in [-0.3, -0.25) is 4.90 Å². The van der Waals surface area contributed by atoms with Crippen LogP contribution >= 0.6 is 27.5 Å². The molecule has 1 aliphatic rings. The van der Waals surface area contributed by atoms with Crippen molar-refractivity contribution in [1.29, 1.82) is 5.26 Å². The van der Waals surface area contributed by atoms with E-state index in [1.54, 1.807) is 0 Å². The summed E-state index contributed by atoms with van der Waals surface area (Å²) in [5, 5.41) is 9.98. The van der Waals surface area contributed by atoms with Crippen LogP contribution in [-0.2, 0) is 0 Å². The molecule has 1 aromatic carbocycles. The van der Waals surface area contributed by atoms with E-state index in [1.165, 1.54) is 12.8 Å². The number of nitrogens with zero attached hydrogens (tertiary/aromatic N) is 2. The number of likely N-dealkylation sites (tertiary alicyclic amines) is 1. The Kier molecular flexibility index (Phi) is 3.86. The van der Waals surface area contributed by atoms with E-state index in [0.29, 0.717) is 5.02 Å². The van der Waals surface area contributed by atoms with E-state index in [0.717, 1.165) is 23.1 Å². The second-order valence-corrected chi connectivity index (χ2v) is 5.23. The summed E-state index contributed by atoms with van der Waals surface area (Å²) in [5.74, 6) is 0. The lowest BCUT2D eigenvalue weighted by Gasteiger charge is -2.22. The average Bonchev–Trinajstić information content (AvgIpc) is 2.75. The molecule has 2 rings (SSSR count). The largest absolute Gasteiger partial charge is 0.284 e. The number of nitriles is 1. The van der Waals surface area contributed by atoms with Crippen LogP contribution in [0.25, 0.3) is 0 Å². The molecular weight excluding hydrogens is 288 g/mol. The number of rotatable bonds is 2. The summed E-state index contributed by atoms with van der Waals surface area (Å²) in [6.07, 6.45) is 2.37. The second kappa shape index (κ2) is 5.18. The SMILES string of the molecule is N#CC(c1ccc(Cl)cc1Br)N1CCCC1. The van der Waals surface area contributed by atoms with Crippen molar-refractivity contribution in [3.63, 3.8) is 0 Å². The van der Waals surface area contributed by atoms with Gasteiger partial charge in [0.05, 0.1) is 6.07 Å². The Morgan fingerprint density at radius 2 is 2.06 bits per heavy atom. The number of hydrogen-bond donors (Lipinski definition) is 0. The third-order valence-corrected chi connectivity index (χ3v) is 3.81. The molecule has 0 bridgehead atoms. The maximum Gasteiger partial charge on any atom is 0.124 e. The maximum absolute atomic E-state index is 9.29. The van der Waals surface area contributed by atoms with E-state index in [2.05, 4.69) is 26.9 Å². The predicted molar refractivity (Wildman–Crippen MR) is 68.3 cm³/mol. The molecule has 1 heterocycles. The van der Waals surface area contributed by atoms with Crippen LogP contribution in [0.5, 0.6) is 0 Å². The minimum atomic E-state index is -0.158. The lowest BCUT2D eigenvalue weighted by molar-refractivity contribution is 0.293. The Morgan fingerprint density at radius 1 is 1.38 bits per heavy atom. The summed E-state index contributed by atoms with van der Waals surface area (Å²) in [6, 6.07) is 7.82. The van der Waals surface area contributed by atoms with Crippen LogP contribution in [0.15, 0.2) is 22.7 Å². The zero-order chi connectivity index (χ0) is 11.5. The molecule has 1 saturated heterocycles. The van der Waals surface area contributed by atoms with Gasteiger partial charge in [0, 0.05) is 9.50 Å². The number of benzene rings is 1. The zero-order valence-electron chi connectivity index (χ0n) is 8.79. The van der Waals surface area contributed by atoms with Crippen molar-refractivity contribution in [3.05, 3.63) is 33.3 Å². The molecule has 1 aliphatic heterocycles. The smallest absolute Gasteiger partial charge is 0.124 e. The Morgan fingerprint density at radius 3 is 2.62 bits per heavy atom. The first-order valence-corrected chi connectivity index (χ1v) is 6.48. The highest BCUT2D eigenvalue weighted by molar-refractivity contribution is 9.10. The quantitative estimate of drug-likeness (QED) is 0.831. The Hall–Kier alpha value is -0.560. The molecule has 0 saturated carbocycles. The van der Waals surface area contributed by atoms with Crippen LogP contribution in [0.1, 0.15) is 24.4 Å². The number of halogens is 2. The second-order valence-electron chi connectivity index (χ2n) is 3.94. The van der Waals surface area contributed by atoms with Gasteiger partial charge >= 0.3 is 0 Å². The van der Waals surface area contributed by atoms with Gasteiger partial charge in [-0.15, -0.1) is 0 Å². The highest BCUT2D eigenvalue weighted by atomic mass is 79.9. The van der Waals surface area contributed by atoms with Crippen molar-refractivity contribution >= 4 is 27.5 Å². The van der Waals surface area contributed by atoms with E-state index < -0.39 is 0 Å². The van der Waals surface area contributed by atoms with E-state index in [-0.39, 0.29) is 6.04 Å². The molecule has 4 heteroatoms. The lowest BCUT2D eigenvalue weighted by atomic mass is 10.1. The summed E-state index contributed by atoms with van der Waals surface area (Å²) in [4.78, 5) is 2.22. The average molecular weight is 300 g/mol. The van der Waals surface area contributed by atoms with E-state index in [1.807, 2.05) is 18.2 Å². The van der Waals surface area contributed by atoms with Crippen LogP contribution in [0.3, 0.4) is 0 Å². The fourth-order valence-corrected chi connectivity index (χ4v) is 2.97. The summed E-state index contributed by atoms with van der Waals surface area (Å²) in [6.45, 7) is 2.01. The Labute approximate surface area is 109 Å². The van der Waals surface area contributed by atoms with Crippen molar-refractivity contribution in [2.24, 2.45) is 0 Å². The van der Waals surface area contributed by atoms with Crippen LogP contribution in [0, 0.1) is 11.3 Å². The molecule has 1 atom stereocenters. The van der Waals surface area contributed by atoms with Gasteiger partial charge in [-0.25, -0.2) is 0 Å². The molecule has 1 fully saturated rings. The third kappa shape index (κ3) is 2.40. The predicted octanol–water partition coefficient (Wildman–Crippen LogP) is 3.76. The van der Waals surface area contributed by atoms with E-state index in [4.69, 9.17) is 11.6 Å². The normalized spacial score (nSPS) is 18.3. The van der Waals surface area contributed by atoms with Crippen LogP contribution in [0.2, 0.25) is 5.02 Å². The van der Waals surface area contributed by atoms with Crippen molar-refractivity contribution in [3.8, 4) is 6.07 Å². The van der Waals surface area contributed by atoms with Gasteiger partial charge < -0.3 is 0 Å². The number of hydrogen-bond acceptors (Lipinski definition) is 2. The highest BCUT2D eigenvalue weighted by Gasteiger charge is 2.24. The van der Waals surface area contributed by atoms with Crippen molar-refractivity contribution in [1.82, 2.24) is 4.90 Å². The molecule has 0 radical (unpaired) electrons. The molecule has 16 heavy (non-hydrogen) atoms. The highest BCUT2D eigenvalue weighted by Crippen LogP contribution is 2.31. The minimum absolute atomic E-state index is 0.158. The Balaban J connectivity index is 2.30. The maximum atomic E-state index is 9.29. The first kappa shape index (κ1) is 11.9. The summed E-state index contributed by atoms with van der Waals surface area (Å²) in [5.41, 5.74) is 1.01. The first-order chi connectivity index (χ1) is 7.72. The van der Waals surface area contributed by atoms with Crippen LogP contribution in [-0.4, -0.2) is 18.0 Å². The molecule has 0 aromatic heterocycles. The van der Waals surface area contributed by atoms with Gasteiger partial charge in [0.15, 0.2) is 0 Å². The fourth-order valence-electron chi connectivity index (χ4n) is 2.07. The van der Waals surface area contributed by atoms with E-state index >= 15 is 0 Å². The van der Waals surface area contributed by atoms with Gasteiger partial charge in [0.25, 0.3) is 0 Å². The van der Waals surface area contributed by atoms with Gasteiger partial charge in [-0.1, -0.05) is 33.6 Å². The molecule has 0 aliphatic carbocycles.